The zero-order valence-corrected chi connectivity index (χ0v) is 22.1. The third-order valence-corrected chi connectivity index (χ3v) is 8.52. The average Bonchev–Trinajstić information content (AvgIpc) is 3.56. The molecule has 1 aliphatic carbocycles. The molecule has 3 heterocycles. The van der Waals surface area contributed by atoms with Crippen LogP contribution in [0.15, 0.2) is 54.6 Å². The molecule has 3 aliphatic rings. The van der Waals surface area contributed by atoms with Gasteiger partial charge in [0.2, 0.25) is 5.91 Å². The number of hydrogen-bond acceptors (Lipinski definition) is 7. The Morgan fingerprint density at radius 3 is 2.40 bits per heavy atom. The van der Waals surface area contributed by atoms with E-state index in [0.29, 0.717) is 44.0 Å². The van der Waals surface area contributed by atoms with Crippen LogP contribution in [0.5, 0.6) is 5.75 Å². The van der Waals surface area contributed by atoms with Gasteiger partial charge in [0.05, 0.1) is 12.7 Å². The minimum Gasteiger partial charge on any atom is -0.405 e. The van der Waals surface area contributed by atoms with E-state index >= 15 is 0 Å². The van der Waals surface area contributed by atoms with Gasteiger partial charge in [-0.15, -0.1) is 18.3 Å². The number of rotatable bonds is 6. The molecule has 0 radical (unpaired) electrons. The first kappa shape index (κ1) is 26.5. The normalized spacial score (nSPS) is 21.0. The van der Waals surface area contributed by atoms with Crippen LogP contribution >= 0.6 is 0 Å². The third kappa shape index (κ3) is 5.00. The molecule has 1 N–H and O–H groups in total. The van der Waals surface area contributed by atoms with Crippen LogP contribution in [0.4, 0.5) is 18.9 Å². The molecule has 3 fully saturated rings. The van der Waals surface area contributed by atoms with Crippen molar-refractivity contribution in [1.82, 2.24) is 30.4 Å². The van der Waals surface area contributed by atoms with E-state index in [4.69, 9.17) is 0 Å². The van der Waals surface area contributed by atoms with Crippen LogP contribution in [0.1, 0.15) is 68.4 Å². The van der Waals surface area contributed by atoms with E-state index in [1.54, 1.807) is 16.8 Å². The molecule has 2 aliphatic heterocycles. The van der Waals surface area contributed by atoms with Gasteiger partial charge in [0.1, 0.15) is 17.3 Å². The molecule has 1 atom stereocenters. The average molecular weight is 556 g/mol. The zero-order chi connectivity index (χ0) is 27.7. The number of nitrogens with zero attached hydrogens (tertiary/aromatic N) is 6. The van der Waals surface area contributed by atoms with Crippen molar-refractivity contribution in [2.75, 3.05) is 24.7 Å². The van der Waals surface area contributed by atoms with Gasteiger partial charge in [0, 0.05) is 24.3 Å². The van der Waals surface area contributed by atoms with Crippen LogP contribution in [0.2, 0.25) is 0 Å². The zero-order valence-electron chi connectivity index (χ0n) is 22.1. The first-order valence-electron chi connectivity index (χ1n) is 13.8. The molecule has 1 saturated carbocycles. The van der Waals surface area contributed by atoms with Crippen LogP contribution in [0.3, 0.4) is 0 Å². The lowest BCUT2D eigenvalue weighted by molar-refractivity contribution is -0.275. The van der Waals surface area contributed by atoms with Gasteiger partial charge in [-0.3, -0.25) is 9.69 Å². The maximum atomic E-state index is 13.5. The van der Waals surface area contributed by atoms with Gasteiger partial charge >= 0.3 is 6.36 Å². The molecule has 212 valence electrons. The largest absolute Gasteiger partial charge is 0.573 e. The molecule has 6 rings (SSSR count). The molecule has 40 heavy (non-hydrogen) atoms. The predicted molar refractivity (Wildman–Crippen MR) is 140 cm³/mol. The smallest absolute Gasteiger partial charge is 0.405 e. The Balaban J connectivity index is 1.36. The SMILES string of the molecule is O=C1NCN(c2ccccc2)C12CCN(C(c1ccccc1OC(F)(F)F)c1nnnn1C1CCCCC1)CC2. The molecule has 1 unspecified atom stereocenters. The van der Waals surface area contributed by atoms with Gasteiger partial charge in [-0.2, -0.15) is 0 Å². The summed E-state index contributed by atoms with van der Waals surface area (Å²) in [5.74, 6) is 0.195. The monoisotopic (exact) mass is 555 g/mol. The molecule has 1 amide bonds. The fourth-order valence-electron chi connectivity index (χ4n) is 6.57. The summed E-state index contributed by atoms with van der Waals surface area (Å²) in [6.45, 7) is 1.33. The molecular weight excluding hydrogens is 523 g/mol. The van der Waals surface area contributed by atoms with Crippen molar-refractivity contribution in [2.24, 2.45) is 0 Å². The van der Waals surface area contributed by atoms with E-state index in [0.717, 1.165) is 37.8 Å². The van der Waals surface area contributed by atoms with Crippen molar-refractivity contribution in [3.05, 3.63) is 66.0 Å². The van der Waals surface area contributed by atoms with Crippen molar-refractivity contribution in [3.8, 4) is 5.75 Å². The van der Waals surface area contributed by atoms with Crippen molar-refractivity contribution < 1.29 is 22.7 Å². The maximum Gasteiger partial charge on any atom is 0.573 e. The number of carbonyl (C=O) groups excluding carboxylic acids is 1. The van der Waals surface area contributed by atoms with Gasteiger partial charge < -0.3 is 15.0 Å². The summed E-state index contributed by atoms with van der Waals surface area (Å²) in [7, 11) is 0. The summed E-state index contributed by atoms with van der Waals surface area (Å²) in [5, 5.41) is 15.7. The molecule has 2 aromatic carbocycles. The second kappa shape index (κ2) is 10.7. The first-order chi connectivity index (χ1) is 19.4. The first-order valence-corrected chi connectivity index (χ1v) is 13.8. The molecule has 1 aromatic heterocycles. The molecular formula is C28H32F3N7O2. The highest BCUT2D eigenvalue weighted by Gasteiger charge is 2.51. The number of ether oxygens (including phenoxy) is 1. The van der Waals surface area contributed by atoms with Crippen LogP contribution in [-0.4, -0.2) is 62.7 Å². The maximum absolute atomic E-state index is 13.5. The highest BCUT2D eigenvalue weighted by Crippen LogP contribution is 2.43. The second-order valence-corrected chi connectivity index (χ2v) is 10.8. The number of benzene rings is 2. The van der Waals surface area contributed by atoms with E-state index < -0.39 is 17.9 Å². The van der Waals surface area contributed by atoms with Crippen molar-refractivity contribution in [1.29, 1.82) is 0 Å². The number of para-hydroxylation sites is 2. The van der Waals surface area contributed by atoms with Gasteiger partial charge in [-0.05, 0) is 54.3 Å². The Morgan fingerprint density at radius 2 is 1.68 bits per heavy atom. The second-order valence-electron chi connectivity index (χ2n) is 10.8. The molecule has 0 bridgehead atoms. The number of halogens is 3. The number of amides is 1. The number of aromatic nitrogens is 4. The van der Waals surface area contributed by atoms with E-state index in [2.05, 4.69) is 35.4 Å². The number of nitrogens with one attached hydrogen (secondary N) is 1. The number of carbonyl (C=O) groups is 1. The van der Waals surface area contributed by atoms with Crippen LogP contribution in [0, 0.1) is 0 Å². The van der Waals surface area contributed by atoms with Crippen molar-refractivity contribution >= 4 is 11.6 Å². The Bertz CT molecular complexity index is 1320. The fourth-order valence-corrected chi connectivity index (χ4v) is 6.57. The summed E-state index contributed by atoms with van der Waals surface area (Å²) in [6, 6.07) is 15.4. The van der Waals surface area contributed by atoms with Gasteiger partial charge in [-0.25, -0.2) is 4.68 Å². The molecule has 9 nitrogen and oxygen atoms in total. The standard InChI is InChI=1S/C28H32F3N7O2/c29-28(30,31)40-23-14-8-7-13-22(23)24(25-33-34-35-38(25)21-11-5-2-6-12-21)36-17-15-27(16-18-36)26(39)32-19-37(27)20-9-3-1-4-10-20/h1,3-4,7-10,13-14,21,24H,2,5-6,11-12,15-19H2,(H,32,39). The number of hydrogen-bond donors (Lipinski definition) is 1. The van der Waals surface area contributed by atoms with Crippen LogP contribution in [0.25, 0.3) is 0 Å². The van der Waals surface area contributed by atoms with Crippen LogP contribution in [-0.2, 0) is 4.79 Å². The minimum atomic E-state index is -4.85. The van der Waals surface area contributed by atoms with Crippen molar-refractivity contribution in [2.45, 2.75) is 68.9 Å². The minimum absolute atomic E-state index is 0.0274. The third-order valence-electron chi connectivity index (χ3n) is 8.52. The molecule has 1 spiro atoms. The lowest BCUT2D eigenvalue weighted by Crippen LogP contribution is -2.57. The highest BCUT2D eigenvalue weighted by atomic mass is 19.4. The Labute approximate surface area is 230 Å². The van der Waals surface area contributed by atoms with E-state index in [9.17, 15) is 18.0 Å². The number of alkyl halides is 3. The lowest BCUT2D eigenvalue weighted by Gasteiger charge is -2.45. The number of likely N-dealkylation sites (tertiary alicyclic amines) is 1. The van der Waals surface area contributed by atoms with Gasteiger partial charge in [0.15, 0.2) is 5.82 Å². The Morgan fingerprint density at radius 1 is 0.975 bits per heavy atom. The van der Waals surface area contributed by atoms with Gasteiger partial charge in [-0.1, -0.05) is 55.7 Å². The molecule has 12 heteroatoms. The number of piperidine rings is 1. The van der Waals surface area contributed by atoms with E-state index in [1.165, 1.54) is 12.1 Å². The molecule has 3 aromatic rings. The van der Waals surface area contributed by atoms with Crippen molar-refractivity contribution in [3.63, 3.8) is 0 Å². The highest BCUT2D eigenvalue weighted by molar-refractivity contribution is 5.93. The molecule has 2 saturated heterocycles. The summed E-state index contributed by atoms with van der Waals surface area (Å²) in [6.07, 6.45) is 1.24. The fraction of sp³-hybridized carbons (Fsp3) is 0.500. The number of tetrazole rings is 1. The summed E-state index contributed by atoms with van der Waals surface area (Å²) in [5.41, 5.74) is 0.564. The predicted octanol–water partition coefficient (Wildman–Crippen LogP) is 4.59. The number of anilines is 1. The lowest BCUT2D eigenvalue weighted by atomic mass is 9.84. The van der Waals surface area contributed by atoms with Gasteiger partial charge in [0.25, 0.3) is 0 Å². The van der Waals surface area contributed by atoms with E-state index in [1.807, 2.05) is 30.3 Å². The topological polar surface area (TPSA) is 88.4 Å². The Kier molecular flexibility index (Phi) is 7.11. The summed E-state index contributed by atoms with van der Waals surface area (Å²) >= 11 is 0. The quantitative estimate of drug-likeness (QED) is 0.476. The van der Waals surface area contributed by atoms with E-state index in [-0.39, 0.29) is 17.7 Å². The van der Waals surface area contributed by atoms with Crippen LogP contribution < -0.4 is 15.0 Å². The Hall–Kier alpha value is -3.67. The summed E-state index contributed by atoms with van der Waals surface area (Å²) in [4.78, 5) is 17.4. The summed E-state index contributed by atoms with van der Waals surface area (Å²) < 4.78 is 46.7.